The van der Waals surface area contributed by atoms with Gasteiger partial charge < -0.3 is 15.4 Å². The highest BCUT2D eigenvalue weighted by molar-refractivity contribution is 5.99. The first kappa shape index (κ1) is 15.5. The lowest BCUT2D eigenvalue weighted by molar-refractivity contribution is -0.121. The standard InChI is InChI=1S/C17H24N4O3/c1-16(2,3)24-15(23)20-13-9-5-11-12(13)17(11,6-9)14(22)19-10-7-18-21(4)8-10/h7-9,11-13H,5-6H2,1-4H3,(H,19,22)(H,20,23). The van der Waals surface area contributed by atoms with Gasteiger partial charge in [0, 0.05) is 19.3 Å². The van der Waals surface area contributed by atoms with E-state index in [2.05, 4.69) is 15.7 Å². The van der Waals surface area contributed by atoms with Crippen LogP contribution in [0.5, 0.6) is 0 Å². The van der Waals surface area contributed by atoms with Gasteiger partial charge in [0.05, 0.1) is 17.3 Å². The van der Waals surface area contributed by atoms with Gasteiger partial charge in [0.15, 0.2) is 0 Å². The molecule has 2 amide bonds. The lowest BCUT2D eigenvalue weighted by atomic mass is 10.0. The number of rotatable bonds is 3. The molecule has 4 aliphatic rings. The van der Waals surface area contributed by atoms with E-state index < -0.39 is 5.60 Å². The molecule has 7 heteroatoms. The normalized spacial score (nSPS) is 35.7. The topological polar surface area (TPSA) is 85.2 Å². The van der Waals surface area contributed by atoms with Gasteiger partial charge in [-0.05, 0) is 51.4 Å². The molecule has 5 unspecified atom stereocenters. The number of ether oxygens (including phenoxy) is 1. The largest absolute Gasteiger partial charge is 0.444 e. The van der Waals surface area contributed by atoms with Crippen molar-refractivity contribution < 1.29 is 14.3 Å². The van der Waals surface area contributed by atoms with Crippen molar-refractivity contribution in [2.75, 3.05) is 5.32 Å². The summed E-state index contributed by atoms with van der Waals surface area (Å²) in [5.41, 5.74) is -0.0901. The summed E-state index contributed by atoms with van der Waals surface area (Å²) in [4.78, 5) is 24.9. The number of hydrogen-bond donors (Lipinski definition) is 2. The van der Waals surface area contributed by atoms with Crippen LogP contribution in [0.1, 0.15) is 33.6 Å². The van der Waals surface area contributed by atoms with Crippen LogP contribution in [-0.2, 0) is 16.6 Å². The van der Waals surface area contributed by atoms with Gasteiger partial charge in [-0.3, -0.25) is 9.48 Å². The number of hydrogen-bond acceptors (Lipinski definition) is 4. The fourth-order valence-electron chi connectivity index (χ4n) is 4.97. The molecule has 24 heavy (non-hydrogen) atoms. The predicted molar refractivity (Wildman–Crippen MR) is 87.1 cm³/mol. The molecule has 0 radical (unpaired) electrons. The molecule has 2 N–H and O–H groups in total. The minimum atomic E-state index is -0.510. The molecule has 0 saturated heterocycles. The molecule has 4 aliphatic carbocycles. The van der Waals surface area contributed by atoms with Crippen LogP contribution in [-0.4, -0.2) is 33.4 Å². The Hall–Kier alpha value is -2.05. The number of amides is 2. The molecule has 7 nitrogen and oxygen atoms in total. The highest BCUT2D eigenvalue weighted by atomic mass is 16.6. The molecule has 0 aliphatic heterocycles. The van der Waals surface area contributed by atoms with E-state index in [1.54, 1.807) is 17.1 Å². The van der Waals surface area contributed by atoms with Crippen LogP contribution in [0, 0.1) is 23.2 Å². The van der Waals surface area contributed by atoms with E-state index >= 15 is 0 Å². The van der Waals surface area contributed by atoms with E-state index in [0.717, 1.165) is 18.5 Å². The number of aromatic nitrogens is 2. The van der Waals surface area contributed by atoms with Gasteiger partial charge in [0.2, 0.25) is 5.91 Å². The predicted octanol–water partition coefficient (Wildman–Crippen LogP) is 1.91. The van der Waals surface area contributed by atoms with Crippen LogP contribution in [0.3, 0.4) is 0 Å². The zero-order valence-electron chi connectivity index (χ0n) is 14.5. The fraction of sp³-hybridized carbons (Fsp3) is 0.706. The van der Waals surface area contributed by atoms with Crippen LogP contribution in [0.4, 0.5) is 10.5 Å². The van der Waals surface area contributed by atoms with E-state index in [-0.39, 0.29) is 29.4 Å². The maximum absolute atomic E-state index is 12.8. The van der Waals surface area contributed by atoms with Gasteiger partial charge in [-0.15, -0.1) is 0 Å². The first-order chi connectivity index (χ1) is 11.2. The Morgan fingerprint density at radius 2 is 2.17 bits per heavy atom. The first-order valence-corrected chi connectivity index (χ1v) is 8.50. The molecule has 5 rings (SSSR count). The Labute approximate surface area is 141 Å². The van der Waals surface area contributed by atoms with E-state index in [4.69, 9.17) is 4.74 Å². The molecule has 1 aromatic heterocycles. The van der Waals surface area contributed by atoms with Gasteiger partial charge in [-0.2, -0.15) is 5.10 Å². The third-order valence-corrected chi connectivity index (χ3v) is 5.70. The monoisotopic (exact) mass is 332 g/mol. The second-order valence-electron chi connectivity index (χ2n) is 8.40. The number of carbonyl (C=O) groups excluding carboxylic acids is 2. The minimum absolute atomic E-state index is 0.0597. The number of alkyl carbamates (subject to hydrolysis) is 1. The van der Waals surface area contributed by atoms with Crippen LogP contribution in [0.25, 0.3) is 0 Å². The van der Waals surface area contributed by atoms with Crippen molar-refractivity contribution in [2.24, 2.45) is 30.2 Å². The smallest absolute Gasteiger partial charge is 0.407 e. The summed E-state index contributed by atoms with van der Waals surface area (Å²) >= 11 is 0. The minimum Gasteiger partial charge on any atom is -0.444 e. The molecule has 4 saturated carbocycles. The zero-order chi connectivity index (χ0) is 17.3. The fourth-order valence-corrected chi connectivity index (χ4v) is 4.97. The van der Waals surface area contributed by atoms with Crippen LogP contribution < -0.4 is 10.6 Å². The second kappa shape index (κ2) is 4.74. The van der Waals surface area contributed by atoms with Crippen LogP contribution >= 0.6 is 0 Å². The average molecular weight is 332 g/mol. The Bertz CT molecular complexity index is 707. The summed E-state index contributed by atoms with van der Waals surface area (Å²) in [7, 11) is 1.82. The van der Waals surface area contributed by atoms with E-state index in [9.17, 15) is 9.59 Å². The van der Waals surface area contributed by atoms with Crippen molar-refractivity contribution in [3.05, 3.63) is 12.4 Å². The number of nitrogens with one attached hydrogen (secondary N) is 2. The number of carbonyl (C=O) groups is 2. The lowest BCUT2D eigenvalue weighted by Gasteiger charge is -2.23. The molecule has 1 aromatic rings. The Balaban J connectivity index is 1.42. The van der Waals surface area contributed by atoms with Gasteiger partial charge in [-0.25, -0.2) is 4.79 Å². The maximum Gasteiger partial charge on any atom is 0.407 e. The highest BCUT2D eigenvalue weighted by Gasteiger charge is 2.82. The molecule has 4 fully saturated rings. The van der Waals surface area contributed by atoms with Crippen molar-refractivity contribution >= 4 is 17.7 Å². The third-order valence-electron chi connectivity index (χ3n) is 5.70. The van der Waals surface area contributed by atoms with Gasteiger partial charge in [-0.1, -0.05) is 0 Å². The van der Waals surface area contributed by atoms with Crippen molar-refractivity contribution in [1.82, 2.24) is 15.1 Å². The lowest BCUT2D eigenvalue weighted by Crippen LogP contribution is -2.41. The van der Waals surface area contributed by atoms with Gasteiger partial charge in [0.25, 0.3) is 0 Å². The van der Waals surface area contributed by atoms with Crippen molar-refractivity contribution in [2.45, 2.75) is 45.3 Å². The van der Waals surface area contributed by atoms with E-state index in [0.29, 0.717) is 11.8 Å². The summed E-state index contributed by atoms with van der Waals surface area (Å²) < 4.78 is 7.03. The van der Waals surface area contributed by atoms with Crippen molar-refractivity contribution in [3.63, 3.8) is 0 Å². The maximum atomic E-state index is 12.8. The van der Waals surface area contributed by atoms with Gasteiger partial charge in [0.1, 0.15) is 5.60 Å². The quantitative estimate of drug-likeness (QED) is 0.885. The zero-order valence-corrected chi connectivity index (χ0v) is 14.5. The Morgan fingerprint density at radius 1 is 1.42 bits per heavy atom. The average Bonchev–Trinajstić information content (AvgIpc) is 2.92. The van der Waals surface area contributed by atoms with Crippen molar-refractivity contribution in [1.29, 1.82) is 0 Å². The number of aryl methyl sites for hydroxylation is 1. The Kier molecular flexibility index (Phi) is 3.06. The molecule has 5 atom stereocenters. The third kappa shape index (κ3) is 2.21. The van der Waals surface area contributed by atoms with Crippen LogP contribution in [0.2, 0.25) is 0 Å². The molecular formula is C17H24N4O3. The summed E-state index contributed by atoms with van der Waals surface area (Å²) in [6.45, 7) is 5.55. The molecule has 4 bridgehead atoms. The van der Waals surface area contributed by atoms with Crippen molar-refractivity contribution in [3.8, 4) is 0 Å². The molecule has 1 heterocycles. The molecular weight excluding hydrogens is 308 g/mol. The second-order valence-corrected chi connectivity index (χ2v) is 8.40. The van der Waals surface area contributed by atoms with E-state index in [1.165, 1.54) is 0 Å². The summed E-state index contributed by atoms with van der Waals surface area (Å²) in [5.74, 6) is 1.08. The first-order valence-electron chi connectivity index (χ1n) is 8.50. The molecule has 0 aromatic carbocycles. The van der Waals surface area contributed by atoms with Gasteiger partial charge >= 0.3 is 6.09 Å². The molecule has 0 spiro atoms. The van der Waals surface area contributed by atoms with Crippen LogP contribution in [0.15, 0.2) is 12.4 Å². The number of nitrogens with zero attached hydrogens (tertiary/aromatic N) is 2. The van der Waals surface area contributed by atoms with E-state index in [1.807, 2.05) is 27.8 Å². The SMILES string of the molecule is Cn1cc(NC(=O)C23CC4CC2C3C4NC(=O)OC(C)(C)C)cn1. The Morgan fingerprint density at radius 3 is 2.75 bits per heavy atom. The summed E-state index contributed by atoms with van der Waals surface area (Å²) in [6, 6.07) is 0.0597. The highest BCUT2D eigenvalue weighted by Crippen LogP contribution is 2.79. The summed E-state index contributed by atoms with van der Waals surface area (Å²) in [5, 5.41) is 10.1. The number of anilines is 1. The summed E-state index contributed by atoms with van der Waals surface area (Å²) in [6.07, 6.45) is 4.94. The molecule has 130 valence electrons.